The smallest absolute Gasteiger partial charge is 0.245 e. The number of amides is 2. The van der Waals surface area contributed by atoms with Crippen LogP contribution >= 0.6 is 11.6 Å². The van der Waals surface area contributed by atoms with Crippen LogP contribution in [0.1, 0.15) is 49.9 Å². The van der Waals surface area contributed by atoms with Crippen molar-refractivity contribution < 1.29 is 9.59 Å². The fourth-order valence-corrected chi connectivity index (χ4v) is 7.72. The number of likely N-dealkylation sites (tertiary alicyclic amines) is 1. The number of H-pyrrole nitrogens is 1. The average Bonchev–Trinajstić information content (AvgIpc) is 3.51. The maximum atomic E-state index is 12.0. The second-order valence-corrected chi connectivity index (χ2v) is 12.5. The van der Waals surface area contributed by atoms with Crippen LogP contribution in [0, 0.1) is 25.2 Å². The van der Waals surface area contributed by atoms with Crippen LogP contribution in [0.3, 0.4) is 0 Å². The fourth-order valence-electron chi connectivity index (χ4n) is 7.47. The molecule has 2 aromatic heterocycles. The number of carbonyl (C=O) groups excluding carboxylic acids is 2. The topological polar surface area (TPSA) is 90.4 Å². The largest absolute Gasteiger partial charge is 0.354 e. The van der Waals surface area contributed by atoms with Gasteiger partial charge in [-0.05, 0) is 63.2 Å². The van der Waals surface area contributed by atoms with E-state index in [0.717, 1.165) is 102 Å². The molecule has 212 valence electrons. The number of fused-ring (bicyclic) bond motifs is 1. The summed E-state index contributed by atoms with van der Waals surface area (Å²) in [4.78, 5) is 29.7. The lowest BCUT2D eigenvalue weighted by atomic mass is 9.60. The number of aryl methyl sites for hydroxylation is 1. The molecule has 0 radical (unpaired) electrons. The van der Waals surface area contributed by atoms with E-state index >= 15 is 0 Å². The normalized spacial score (nSPS) is 22.3. The van der Waals surface area contributed by atoms with Crippen molar-refractivity contribution in [2.45, 2.75) is 58.5 Å². The second kappa shape index (κ2) is 9.94. The predicted molar refractivity (Wildman–Crippen MR) is 158 cm³/mol. The van der Waals surface area contributed by atoms with E-state index in [4.69, 9.17) is 16.7 Å². The first-order valence-electron chi connectivity index (χ1n) is 14.3. The van der Waals surface area contributed by atoms with Crippen molar-refractivity contribution in [3.05, 3.63) is 41.2 Å². The molecule has 6 rings (SSSR count). The average molecular weight is 564 g/mol. The van der Waals surface area contributed by atoms with E-state index in [2.05, 4.69) is 40.2 Å². The monoisotopic (exact) mass is 563 g/mol. The first-order chi connectivity index (χ1) is 19.2. The van der Waals surface area contributed by atoms with Crippen LogP contribution < -0.4 is 4.90 Å². The minimum Gasteiger partial charge on any atom is -0.354 e. The molecule has 40 heavy (non-hydrogen) atoms. The van der Waals surface area contributed by atoms with Gasteiger partial charge in [-0.1, -0.05) is 25.1 Å². The van der Waals surface area contributed by atoms with E-state index in [1.54, 1.807) is 0 Å². The number of nitrogens with zero attached hydrogens (tertiary/aromatic N) is 6. The summed E-state index contributed by atoms with van der Waals surface area (Å²) in [5.41, 5.74) is 5.28. The van der Waals surface area contributed by atoms with Crippen molar-refractivity contribution in [3.8, 4) is 11.1 Å². The van der Waals surface area contributed by atoms with Crippen molar-refractivity contribution in [2.24, 2.45) is 11.3 Å². The molecule has 0 bridgehead atoms. The molecule has 1 saturated carbocycles. The molecule has 1 N–H and O–H groups in total. The number of benzene rings is 1. The first-order valence-corrected chi connectivity index (χ1v) is 14.6. The van der Waals surface area contributed by atoms with Gasteiger partial charge in [-0.25, -0.2) is 0 Å². The van der Waals surface area contributed by atoms with Gasteiger partial charge in [0.15, 0.2) is 5.82 Å². The van der Waals surface area contributed by atoms with E-state index < -0.39 is 0 Å². The maximum Gasteiger partial charge on any atom is 0.245 e. The molecule has 1 aromatic carbocycles. The lowest BCUT2D eigenvalue weighted by molar-refractivity contribution is -0.149. The molecule has 2 atom stereocenters. The highest BCUT2D eigenvalue weighted by molar-refractivity contribution is 6.36. The van der Waals surface area contributed by atoms with Crippen LogP contribution in [0.25, 0.3) is 22.0 Å². The third-order valence-electron chi connectivity index (χ3n) is 9.68. The first kappa shape index (κ1) is 26.9. The maximum absolute atomic E-state index is 12.0. The van der Waals surface area contributed by atoms with Crippen LogP contribution in [0.2, 0.25) is 5.02 Å². The zero-order chi connectivity index (χ0) is 28.3. The van der Waals surface area contributed by atoms with Crippen molar-refractivity contribution in [2.75, 3.05) is 38.1 Å². The van der Waals surface area contributed by atoms with E-state index in [-0.39, 0.29) is 23.4 Å². The van der Waals surface area contributed by atoms with Crippen LogP contribution in [0.4, 0.5) is 5.82 Å². The highest BCUT2D eigenvalue weighted by Gasteiger charge is 2.54. The van der Waals surface area contributed by atoms with E-state index in [9.17, 15) is 9.59 Å². The zero-order valence-electron chi connectivity index (χ0n) is 23.8. The predicted octanol–water partition coefficient (Wildman–Crippen LogP) is 4.74. The highest BCUT2D eigenvalue weighted by Crippen LogP contribution is 2.55. The molecular weight excluding hydrogens is 526 g/mol. The van der Waals surface area contributed by atoms with Gasteiger partial charge in [0, 0.05) is 66.9 Å². The Hall–Kier alpha value is -3.33. The Morgan fingerprint density at radius 2 is 2.05 bits per heavy atom. The summed E-state index contributed by atoms with van der Waals surface area (Å²) < 4.78 is 2.21. The van der Waals surface area contributed by atoms with Gasteiger partial charge >= 0.3 is 0 Å². The third kappa shape index (κ3) is 4.12. The van der Waals surface area contributed by atoms with Gasteiger partial charge in [-0.3, -0.25) is 19.4 Å². The Labute approximate surface area is 240 Å². The van der Waals surface area contributed by atoms with Crippen molar-refractivity contribution in [1.82, 2.24) is 29.8 Å². The number of aromatic nitrogens is 4. The van der Waals surface area contributed by atoms with Crippen LogP contribution in [0.15, 0.2) is 24.9 Å². The lowest BCUT2D eigenvalue weighted by Gasteiger charge is -2.58. The summed E-state index contributed by atoms with van der Waals surface area (Å²) in [6.07, 6.45) is 8.09. The number of hydrogen-bond donors (Lipinski definition) is 1. The molecule has 1 spiro atoms. The summed E-state index contributed by atoms with van der Waals surface area (Å²) in [6, 6.07) is 2.54. The number of nitrogens with one attached hydrogen (secondary N) is 1. The third-order valence-corrected chi connectivity index (χ3v) is 10.2. The zero-order valence-corrected chi connectivity index (χ0v) is 24.5. The van der Waals surface area contributed by atoms with Gasteiger partial charge in [0.05, 0.1) is 22.8 Å². The van der Waals surface area contributed by atoms with E-state index in [0.29, 0.717) is 5.92 Å². The van der Waals surface area contributed by atoms with Crippen molar-refractivity contribution >= 4 is 40.6 Å². The Kier molecular flexibility index (Phi) is 6.68. The van der Waals surface area contributed by atoms with Gasteiger partial charge in [0.2, 0.25) is 12.3 Å². The Morgan fingerprint density at radius 1 is 1.30 bits per heavy atom. The molecule has 4 heterocycles. The van der Waals surface area contributed by atoms with Gasteiger partial charge in [0.25, 0.3) is 0 Å². The van der Waals surface area contributed by atoms with Crippen molar-refractivity contribution in [3.63, 3.8) is 0 Å². The van der Waals surface area contributed by atoms with Gasteiger partial charge in [-0.15, -0.1) is 0 Å². The summed E-state index contributed by atoms with van der Waals surface area (Å²) >= 11 is 7.07. The molecule has 9 nitrogen and oxygen atoms in total. The number of aromatic amines is 1. The van der Waals surface area contributed by atoms with E-state index in [1.807, 2.05) is 36.0 Å². The molecule has 3 aliphatic rings. The summed E-state index contributed by atoms with van der Waals surface area (Å²) in [7, 11) is 1.89. The van der Waals surface area contributed by atoms with Gasteiger partial charge in [-0.2, -0.15) is 10.2 Å². The summed E-state index contributed by atoms with van der Waals surface area (Å²) in [6.45, 7) is 13.2. The number of hydrogen-bond acceptors (Lipinski definition) is 5. The molecule has 3 aromatic rings. The van der Waals surface area contributed by atoms with Gasteiger partial charge in [0.1, 0.15) is 0 Å². The minimum absolute atomic E-state index is 0.0150. The molecule has 1 aliphatic carbocycles. The highest BCUT2D eigenvalue weighted by atomic mass is 35.5. The number of anilines is 1. The molecule has 10 heteroatoms. The number of carbonyl (C=O) groups is 2. The fraction of sp³-hybridized carbons (Fsp3) is 0.533. The van der Waals surface area contributed by atoms with E-state index in [1.165, 1.54) is 6.08 Å². The lowest BCUT2D eigenvalue weighted by Crippen LogP contribution is -2.63. The SMILES string of the molecule is C=CC(=O)N1CC2(CC(n3nc(N4CCC(N(C)C=O)C(CC)C4)c(-c4c(Cl)c(C)cc5[nH]ncc45)c3C)C2)C1. The standard InChI is InChI=1S/C30H38ClN7O2/c1-6-20-14-36(9-8-24(20)35(5)17-39)29-26(27-22-13-32-33-23(22)10-18(3)28(27)31)19(4)38(34-29)21-11-30(12-21)15-37(16-30)25(40)7-2/h7,10,13,17,20-21,24H,2,6,8-9,11-12,14-16H2,1,3-5H3,(H,32,33). The second-order valence-electron chi connectivity index (χ2n) is 12.1. The molecule has 3 fully saturated rings. The van der Waals surface area contributed by atoms with Crippen molar-refractivity contribution in [1.29, 1.82) is 0 Å². The summed E-state index contributed by atoms with van der Waals surface area (Å²) in [5, 5.41) is 14.5. The summed E-state index contributed by atoms with van der Waals surface area (Å²) in [5.74, 6) is 1.32. The van der Waals surface area contributed by atoms with Gasteiger partial charge < -0.3 is 14.7 Å². The Morgan fingerprint density at radius 3 is 2.73 bits per heavy atom. The number of halogens is 1. The Balaban J connectivity index is 1.39. The Bertz CT molecular complexity index is 1480. The molecule has 2 aliphatic heterocycles. The number of piperidine rings is 1. The quantitative estimate of drug-likeness (QED) is 0.331. The van der Waals surface area contributed by atoms with Crippen LogP contribution in [-0.2, 0) is 9.59 Å². The molecule has 2 unspecified atom stereocenters. The minimum atomic E-state index is 0.0150. The molecule has 2 amide bonds. The molecule has 2 saturated heterocycles. The molecular formula is C30H38ClN7O2. The van der Waals surface area contributed by atoms with Crippen LogP contribution in [0.5, 0.6) is 0 Å². The van der Waals surface area contributed by atoms with Crippen LogP contribution in [-0.4, -0.2) is 81.4 Å². The number of rotatable bonds is 7.